The molecule has 1 aromatic carbocycles. The van der Waals surface area contributed by atoms with Gasteiger partial charge in [0.05, 0.1) is 5.69 Å². The zero-order chi connectivity index (χ0) is 23.9. The number of carbonyl (C=O) groups is 1. The monoisotopic (exact) mass is 492 g/mol. The lowest BCUT2D eigenvalue weighted by atomic mass is 10.1. The predicted molar refractivity (Wildman–Crippen MR) is 105 cm³/mol. The first-order valence-corrected chi connectivity index (χ1v) is 10.9. The van der Waals surface area contributed by atoms with Gasteiger partial charge in [0.1, 0.15) is 11.5 Å². The molecule has 4 aliphatic rings. The number of alkyl halides is 1. The first kappa shape index (κ1) is 20.9. The van der Waals surface area contributed by atoms with E-state index in [-0.39, 0.29) is 17.1 Å². The highest BCUT2D eigenvalue weighted by Gasteiger charge is 2.92. The van der Waals surface area contributed by atoms with Gasteiger partial charge in [-0.05, 0) is 29.5 Å². The van der Waals surface area contributed by atoms with E-state index in [0.29, 0.717) is 16.2 Å². The normalized spacial score (nSPS) is 30.0. The number of hydrogen-bond donors (Lipinski definition) is 1. The predicted octanol–water partition coefficient (Wildman–Crippen LogP) is 2.42. The fourth-order valence-corrected chi connectivity index (χ4v) is 5.48. The Morgan fingerprint density at radius 3 is 2.65 bits per heavy atom. The van der Waals surface area contributed by atoms with Gasteiger partial charge >= 0.3 is 25.6 Å². The van der Waals surface area contributed by atoms with Gasteiger partial charge in [0.25, 0.3) is 6.36 Å². The molecule has 0 unspecified atom stereocenters. The number of nitrogens with zero attached hydrogens (tertiary/aromatic N) is 6. The Morgan fingerprint density at radius 2 is 2.03 bits per heavy atom. The van der Waals surface area contributed by atoms with E-state index in [1.807, 2.05) is 0 Å². The van der Waals surface area contributed by atoms with E-state index in [2.05, 4.69) is 27.0 Å². The van der Waals surface area contributed by atoms with Crippen molar-refractivity contribution in [3.63, 3.8) is 0 Å². The summed E-state index contributed by atoms with van der Waals surface area (Å²) in [5, 5.41) is 21.1. The van der Waals surface area contributed by atoms with Gasteiger partial charge in [-0.1, -0.05) is 12.6 Å². The molecule has 0 radical (unpaired) electrons. The molecule has 1 amide bonds. The standard InChI is InChI=1S/C18H11F2N6O7P/c1-2-25-23-14(22-24-25)13-6-3-9(8-21-13)11-5-4-10(7-12(11)19)26-16(28)30-17(15(20)27)18(26)32-34(29,31-17)33-18/h2-8,15,27H,1H2/t15-,17-,18?,34?/m0/s1. The third-order valence-electron chi connectivity index (χ3n) is 5.29. The zero-order valence-corrected chi connectivity index (χ0v) is 17.5. The smallest absolute Gasteiger partial charge is 0.402 e. The summed E-state index contributed by atoms with van der Waals surface area (Å²) in [6.45, 7) is 3.52. The molecule has 6 heterocycles. The highest BCUT2D eigenvalue weighted by Crippen LogP contribution is 2.81. The van der Waals surface area contributed by atoms with Crippen molar-refractivity contribution in [1.29, 1.82) is 0 Å². The summed E-state index contributed by atoms with van der Waals surface area (Å²) < 4.78 is 60.6. The minimum Gasteiger partial charge on any atom is -0.402 e. The Labute approximate surface area is 187 Å². The first-order valence-electron chi connectivity index (χ1n) is 9.46. The first-order chi connectivity index (χ1) is 16.2. The molecule has 34 heavy (non-hydrogen) atoms. The van der Waals surface area contributed by atoms with Crippen LogP contribution in [0, 0.1) is 5.82 Å². The van der Waals surface area contributed by atoms with Crippen molar-refractivity contribution < 1.29 is 41.6 Å². The van der Waals surface area contributed by atoms with Gasteiger partial charge in [-0.15, -0.1) is 15.0 Å². The van der Waals surface area contributed by atoms with Crippen molar-refractivity contribution >= 4 is 25.8 Å². The van der Waals surface area contributed by atoms with Crippen LogP contribution in [0.4, 0.5) is 19.3 Å². The van der Waals surface area contributed by atoms with Crippen LogP contribution in [0.3, 0.4) is 0 Å². The topological polar surface area (TPSA) is 151 Å². The number of rotatable bonds is 5. The molecular formula is C18H11F2N6O7P. The largest absolute Gasteiger partial charge is 0.487 e. The Bertz CT molecular complexity index is 1410. The maximum Gasteiger partial charge on any atom is 0.487 e. The number of carbonyl (C=O) groups excluding carboxylic acids is 1. The number of aliphatic hydroxyl groups is 1. The quantitative estimate of drug-likeness (QED) is 0.523. The molecule has 174 valence electrons. The number of phosphoric acid groups is 1. The molecule has 2 aromatic heterocycles. The van der Waals surface area contributed by atoms with Crippen LogP contribution < -0.4 is 4.90 Å². The number of amides is 1. The van der Waals surface area contributed by atoms with Gasteiger partial charge in [0.15, 0.2) is 0 Å². The van der Waals surface area contributed by atoms with E-state index in [1.165, 1.54) is 24.5 Å². The highest BCUT2D eigenvalue weighted by atomic mass is 31.2. The van der Waals surface area contributed by atoms with Crippen LogP contribution in [0.2, 0.25) is 0 Å². The van der Waals surface area contributed by atoms with Crippen molar-refractivity contribution in [3.05, 3.63) is 48.9 Å². The van der Waals surface area contributed by atoms with Gasteiger partial charge in [0, 0.05) is 23.5 Å². The summed E-state index contributed by atoms with van der Waals surface area (Å²) in [6, 6.07) is 6.66. The van der Waals surface area contributed by atoms with Crippen LogP contribution in [0.15, 0.2) is 43.1 Å². The number of tetrazole rings is 1. The molecule has 0 aliphatic carbocycles. The molecule has 2 atom stereocenters. The van der Waals surface area contributed by atoms with Crippen molar-refractivity contribution in [1.82, 2.24) is 25.2 Å². The van der Waals surface area contributed by atoms with Crippen molar-refractivity contribution in [2.24, 2.45) is 0 Å². The van der Waals surface area contributed by atoms with Crippen LogP contribution >= 0.6 is 7.82 Å². The van der Waals surface area contributed by atoms with Gasteiger partial charge < -0.3 is 9.84 Å². The van der Waals surface area contributed by atoms with E-state index < -0.39 is 37.8 Å². The van der Waals surface area contributed by atoms with E-state index in [4.69, 9.17) is 18.3 Å². The second kappa shape index (κ2) is 6.71. The molecule has 4 saturated heterocycles. The average Bonchev–Trinajstić information content (AvgIpc) is 3.47. The number of phosphoric ester groups is 1. The van der Waals surface area contributed by atoms with E-state index in [0.717, 1.165) is 10.9 Å². The van der Waals surface area contributed by atoms with Crippen molar-refractivity contribution in [3.8, 4) is 22.6 Å². The Hall–Kier alpha value is -3.62. The fraction of sp³-hybridized carbons (Fsp3) is 0.167. The summed E-state index contributed by atoms with van der Waals surface area (Å²) in [4.78, 5) is 18.4. The molecule has 1 spiro atoms. The lowest BCUT2D eigenvalue weighted by Crippen LogP contribution is -2.63. The minimum atomic E-state index is -4.23. The second-order valence-corrected chi connectivity index (χ2v) is 8.66. The number of benzene rings is 1. The fourth-order valence-electron chi connectivity index (χ4n) is 3.80. The van der Waals surface area contributed by atoms with Crippen LogP contribution in [0.25, 0.3) is 28.8 Å². The number of hydrogen-bond acceptors (Lipinski definition) is 11. The molecule has 7 rings (SSSR count). The number of ether oxygens (including phenoxy) is 1. The number of aliphatic hydroxyl groups excluding tert-OH is 1. The number of pyridine rings is 1. The SMILES string of the molecule is C=Cn1nnc(-c2ccc(-c3ccc(N4C(=O)O[C@@]5([C@H](O)F)OP6(=O)OC45O6)cc3F)cn2)n1. The molecule has 4 aliphatic heterocycles. The van der Waals surface area contributed by atoms with Gasteiger partial charge in [-0.2, -0.15) is 0 Å². The van der Waals surface area contributed by atoms with Crippen molar-refractivity contribution in [2.75, 3.05) is 4.90 Å². The zero-order valence-electron chi connectivity index (χ0n) is 16.6. The Morgan fingerprint density at radius 1 is 1.24 bits per heavy atom. The molecular weight excluding hydrogens is 481 g/mol. The van der Waals surface area contributed by atoms with Crippen molar-refractivity contribution in [2.45, 2.75) is 18.1 Å². The maximum absolute atomic E-state index is 15.1. The lowest BCUT2D eigenvalue weighted by molar-refractivity contribution is -0.305. The molecule has 16 heteroatoms. The van der Waals surface area contributed by atoms with E-state index in [1.54, 1.807) is 12.1 Å². The molecule has 0 saturated carbocycles. The molecule has 3 aromatic rings. The number of anilines is 1. The average molecular weight is 492 g/mol. The third-order valence-corrected chi connectivity index (χ3v) is 6.73. The van der Waals surface area contributed by atoms with Crippen LogP contribution in [0.5, 0.6) is 0 Å². The Balaban J connectivity index is 1.32. The van der Waals surface area contributed by atoms with Gasteiger partial charge in [0.2, 0.25) is 5.82 Å². The maximum atomic E-state index is 15.1. The molecule has 4 fully saturated rings. The summed E-state index contributed by atoms with van der Waals surface area (Å²) >= 11 is 0. The summed E-state index contributed by atoms with van der Waals surface area (Å²) in [5.74, 6) is -5.91. The van der Waals surface area contributed by atoms with Crippen LogP contribution in [-0.4, -0.2) is 54.4 Å². The second-order valence-electron chi connectivity index (χ2n) is 7.22. The van der Waals surface area contributed by atoms with Gasteiger partial charge in [-0.25, -0.2) is 36.6 Å². The summed E-state index contributed by atoms with van der Waals surface area (Å²) in [5.41, 5.74) is 0.680. The number of aromatic nitrogens is 5. The Kier molecular flexibility index (Phi) is 4.14. The van der Waals surface area contributed by atoms with Crippen LogP contribution in [-0.2, 0) is 22.9 Å². The molecule has 2 bridgehead atoms. The summed E-state index contributed by atoms with van der Waals surface area (Å²) in [7, 11) is -4.23. The minimum absolute atomic E-state index is 0.108. The van der Waals surface area contributed by atoms with E-state index in [9.17, 15) is 18.9 Å². The van der Waals surface area contributed by atoms with E-state index >= 15 is 4.39 Å². The van der Waals surface area contributed by atoms with Crippen LogP contribution in [0.1, 0.15) is 0 Å². The highest BCUT2D eigenvalue weighted by molar-refractivity contribution is 7.50. The number of halogens is 2. The summed E-state index contributed by atoms with van der Waals surface area (Å²) in [6.07, 6.45) is -1.50. The lowest BCUT2D eigenvalue weighted by Gasteiger charge is -2.38. The third kappa shape index (κ3) is 2.60. The molecule has 1 N–H and O–H groups in total. The van der Waals surface area contributed by atoms with Gasteiger partial charge in [-0.3, -0.25) is 4.98 Å². The molecule has 13 nitrogen and oxygen atoms in total.